The maximum absolute atomic E-state index is 13.0. The van der Waals surface area contributed by atoms with Crippen LogP contribution in [0.15, 0.2) is 59.6 Å². The number of fused-ring (bicyclic) bond motifs is 4. The molecule has 6 heteroatoms. The number of aromatic nitrogens is 1. The Balaban J connectivity index is 1.26. The number of nitrogens with zero attached hydrogens (tertiary/aromatic N) is 3. The van der Waals surface area contributed by atoms with Crippen LogP contribution >= 0.6 is 0 Å². The predicted molar refractivity (Wildman–Crippen MR) is 134 cm³/mol. The topological polar surface area (TPSA) is 63.7 Å². The zero-order chi connectivity index (χ0) is 22.4. The second-order valence-electron chi connectivity index (χ2n) is 9.26. The van der Waals surface area contributed by atoms with Gasteiger partial charge in [0, 0.05) is 59.0 Å². The van der Waals surface area contributed by atoms with Crippen LogP contribution in [0.2, 0.25) is 0 Å². The molecule has 6 nitrogen and oxygen atoms in total. The van der Waals surface area contributed by atoms with Gasteiger partial charge in [0.1, 0.15) is 0 Å². The molecule has 33 heavy (non-hydrogen) atoms. The number of hydrogen-bond acceptors (Lipinski definition) is 3. The molecule has 2 aliphatic heterocycles. The first-order chi connectivity index (χ1) is 16.2. The van der Waals surface area contributed by atoms with E-state index in [2.05, 4.69) is 63.6 Å². The van der Waals surface area contributed by atoms with Gasteiger partial charge in [-0.15, -0.1) is 0 Å². The van der Waals surface area contributed by atoms with E-state index < -0.39 is 0 Å². The number of anilines is 2. The van der Waals surface area contributed by atoms with E-state index >= 15 is 0 Å². The minimum atomic E-state index is -0.336. The molecule has 0 spiro atoms. The summed E-state index contributed by atoms with van der Waals surface area (Å²) in [6.45, 7) is 4.19. The molecule has 168 valence electrons. The summed E-state index contributed by atoms with van der Waals surface area (Å²) in [6.07, 6.45) is 9.55. The molecule has 1 fully saturated rings. The van der Waals surface area contributed by atoms with Crippen molar-refractivity contribution in [3.05, 3.63) is 71.4 Å². The molecule has 3 heterocycles. The minimum Gasteiger partial charge on any atom is -0.369 e. The van der Waals surface area contributed by atoms with Gasteiger partial charge in [0.2, 0.25) is 0 Å². The van der Waals surface area contributed by atoms with Crippen molar-refractivity contribution in [2.24, 2.45) is 4.99 Å². The van der Waals surface area contributed by atoms with Gasteiger partial charge in [0.25, 0.3) is 0 Å². The fraction of sp³-hybridized carbons (Fsp3) is 0.333. The van der Waals surface area contributed by atoms with Crippen LogP contribution in [-0.4, -0.2) is 35.9 Å². The zero-order valence-electron chi connectivity index (χ0n) is 19.0. The summed E-state index contributed by atoms with van der Waals surface area (Å²) in [5.74, 6) is 0. The number of aliphatic imine (C=N–C) groups is 1. The molecule has 2 aromatic carbocycles. The van der Waals surface area contributed by atoms with E-state index in [9.17, 15) is 4.79 Å². The Morgan fingerprint density at radius 2 is 1.97 bits per heavy atom. The highest BCUT2D eigenvalue weighted by Gasteiger charge is 2.28. The second-order valence-corrected chi connectivity index (χ2v) is 9.26. The molecule has 0 radical (unpaired) electrons. The molecule has 2 N–H and O–H groups in total. The number of hydrogen-bond donors (Lipinski definition) is 2. The lowest BCUT2D eigenvalue weighted by Gasteiger charge is -2.36. The number of carbonyl (C=O) groups excluding carboxylic acids is 1. The number of H-pyrrole nitrogens is 1. The molecule has 1 saturated heterocycles. The maximum Gasteiger partial charge on any atom is 0.360 e. The van der Waals surface area contributed by atoms with Crippen LogP contribution < -0.4 is 15.3 Å². The summed E-state index contributed by atoms with van der Waals surface area (Å²) in [5, 5.41) is 3.07. The van der Waals surface area contributed by atoms with Gasteiger partial charge in [-0.25, -0.2) is 10.2 Å². The molecule has 1 aliphatic carbocycles. The van der Waals surface area contributed by atoms with Crippen molar-refractivity contribution >= 4 is 34.0 Å². The highest BCUT2D eigenvalue weighted by molar-refractivity contribution is 6.20. The Labute approximate surface area is 194 Å². The molecule has 3 aliphatic rings. The number of urea groups is 1. The second kappa shape index (κ2) is 8.10. The number of benzene rings is 2. The summed E-state index contributed by atoms with van der Waals surface area (Å²) in [5.41, 5.74) is 10.7. The van der Waals surface area contributed by atoms with Crippen LogP contribution in [0.25, 0.3) is 10.9 Å². The monoisotopic (exact) mass is 439 g/mol. The normalized spacial score (nSPS) is 20.9. The van der Waals surface area contributed by atoms with Crippen molar-refractivity contribution in [2.45, 2.75) is 45.1 Å². The molecule has 3 aromatic rings. The smallest absolute Gasteiger partial charge is 0.360 e. The molecule has 0 bridgehead atoms. The highest BCUT2D eigenvalue weighted by atomic mass is 16.2. The summed E-state index contributed by atoms with van der Waals surface area (Å²) in [7, 11) is 0. The molecule has 1 aromatic heterocycles. The van der Waals surface area contributed by atoms with Crippen molar-refractivity contribution in [1.82, 2.24) is 10.4 Å². The molecular formula is C27H29N5O. The lowest BCUT2D eigenvalue weighted by molar-refractivity contribution is 0.248. The lowest BCUT2D eigenvalue weighted by Crippen LogP contribution is -2.40. The number of piperidine rings is 1. The van der Waals surface area contributed by atoms with Crippen LogP contribution in [0.3, 0.4) is 0 Å². The van der Waals surface area contributed by atoms with Crippen LogP contribution in [0.1, 0.15) is 43.0 Å². The third kappa shape index (κ3) is 3.50. The fourth-order valence-corrected chi connectivity index (χ4v) is 5.62. The highest BCUT2D eigenvalue weighted by Crippen LogP contribution is 2.37. The van der Waals surface area contributed by atoms with E-state index in [1.165, 1.54) is 30.5 Å². The molecule has 6 rings (SSSR count). The SMILES string of the molecule is CC1CCCCN1c1cccc2c1CCN2NC(=O)N=C1C=CCc2[nH]c3ccccc3c21. The van der Waals surface area contributed by atoms with Gasteiger partial charge in [-0.3, -0.25) is 5.01 Å². The molecule has 1 atom stereocenters. The zero-order valence-corrected chi connectivity index (χ0v) is 19.0. The Kier molecular flexibility index (Phi) is 4.93. The van der Waals surface area contributed by atoms with Gasteiger partial charge in [-0.05, 0) is 56.9 Å². The number of allylic oxidation sites excluding steroid dienone is 2. The Morgan fingerprint density at radius 1 is 1.09 bits per heavy atom. The Morgan fingerprint density at radius 3 is 2.88 bits per heavy atom. The molecule has 1 unspecified atom stereocenters. The summed E-state index contributed by atoms with van der Waals surface area (Å²) < 4.78 is 0. The maximum atomic E-state index is 13.0. The van der Waals surface area contributed by atoms with Crippen molar-refractivity contribution in [3.8, 4) is 0 Å². The van der Waals surface area contributed by atoms with Crippen LogP contribution in [-0.2, 0) is 12.8 Å². The van der Waals surface area contributed by atoms with Crippen LogP contribution in [0.5, 0.6) is 0 Å². The summed E-state index contributed by atoms with van der Waals surface area (Å²) in [6, 6.07) is 14.8. The molecule has 2 amide bonds. The first kappa shape index (κ1) is 20.1. The Bertz CT molecular complexity index is 1290. The van der Waals surface area contributed by atoms with E-state index in [4.69, 9.17) is 0 Å². The first-order valence-corrected chi connectivity index (χ1v) is 12.0. The van der Waals surface area contributed by atoms with E-state index in [0.717, 1.165) is 53.8 Å². The van der Waals surface area contributed by atoms with Gasteiger partial charge < -0.3 is 9.88 Å². The van der Waals surface area contributed by atoms with Crippen molar-refractivity contribution in [2.75, 3.05) is 23.0 Å². The van der Waals surface area contributed by atoms with Gasteiger partial charge in [-0.1, -0.05) is 30.3 Å². The van der Waals surface area contributed by atoms with E-state index in [-0.39, 0.29) is 6.03 Å². The van der Waals surface area contributed by atoms with E-state index in [0.29, 0.717) is 11.8 Å². The third-order valence-corrected chi connectivity index (χ3v) is 7.21. The number of nitrogens with one attached hydrogen (secondary N) is 2. The standard InChI is InChI=1S/C27H29N5O/c1-18-8-4-5-16-31(18)24-13-7-14-25-20(24)15-17-32(25)30-27(33)29-23-12-6-11-22-26(23)19-9-2-3-10-21(19)28-22/h2-3,6-7,9-10,12-14,18,28H,4-5,8,11,15-17H2,1H3,(H,30,33). The third-order valence-electron chi connectivity index (χ3n) is 7.21. The van der Waals surface area contributed by atoms with Gasteiger partial charge in [0.05, 0.1) is 11.4 Å². The van der Waals surface area contributed by atoms with E-state index in [1.807, 2.05) is 23.2 Å². The number of carbonyl (C=O) groups is 1. The average Bonchev–Trinajstić information content (AvgIpc) is 3.41. The van der Waals surface area contributed by atoms with Crippen LogP contribution in [0.4, 0.5) is 16.2 Å². The van der Waals surface area contributed by atoms with Crippen molar-refractivity contribution in [1.29, 1.82) is 0 Å². The van der Waals surface area contributed by atoms with Crippen molar-refractivity contribution < 1.29 is 4.79 Å². The fourth-order valence-electron chi connectivity index (χ4n) is 5.62. The lowest BCUT2D eigenvalue weighted by atomic mass is 9.99. The van der Waals surface area contributed by atoms with Gasteiger partial charge in [0.15, 0.2) is 0 Å². The Hall–Kier alpha value is -3.54. The quantitative estimate of drug-likeness (QED) is 0.581. The number of rotatable bonds is 2. The van der Waals surface area contributed by atoms with Crippen molar-refractivity contribution in [3.63, 3.8) is 0 Å². The number of hydrazine groups is 1. The molecule has 0 saturated carbocycles. The van der Waals surface area contributed by atoms with E-state index in [1.54, 1.807) is 0 Å². The van der Waals surface area contributed by atoms with Gasteiger partial charge >= 0.3 is 6.03 Å². The minimum absolute atomic E-state index is 0.336. The molecular weight excluding hydrogens is 410 g/mol. The van der Waals surface area contributed by atoms with Crippen LogP contribution in [0, 0.1) is 0 Å². The average molecular weight is 440 g/mol. The number of aromatic amines is 1. The summed E-state index contributed by atoms with van der Waals surface area (Å²) in [4.78, 5) is 23.5. The van der Waals surface area contributed by atoms with Gasteiger partial charge in [-0.2, -0.15) is 4.99 Å². The number of amides is 2. The first-order valence-electron chi connectivity index (χ1n) is 12.0. The predicted octanol–water partition coefficient (Wildman–Crippen LogP) is 5.14. The summed E-state index contributed by atoms with van der Waals surface area (Å²) >= 11 is 0. The largest absolute Gasteiger partial charge is 0.369 e. The number of para-hydroxylation sites is 1.